The maximum atomic E-state index is 12.7. The Morgan fingerprint density at radius 2 is 1.88 bits per heavy atom. The third-order valence-corrected chi connectivity index (χ3v) is 3.81. The summed E-state index contributed by atoms with van der Waals surface area (Å²) in [6, 6.07) is 10.2. The minimum Gasteiger partial charge on any atom is -0.484 e. The van der Waals surface area contributed by atoms with Gasteiger partial charge < -0.3 is 10.1 Å². The van der Waals surface area contributed by atoms with Crippen molar-refractivity contribution in [1.29, 1.82) is 0 Å². The van der Waals surface area contributed by atoms with Gasteiger partial charge >= 0.3 is 6.18 Å². The van der Waals surface area contributed by atoms with Crippen molar-refractivity contribution < 1.29 is 22.7 Å². The lowest BCUT2D eigenvalue weighted by molar-refractivity contribution is -0.137. The Hall–Kier alpha value is -2.50. The molecule has 0 spiro atoms. The average molecular weight is 351 g/mol. The molecule has 0 bridgehead atoms. The molecule has 0 unspecified atom stereocenters. The van der Waals surface area contributed by atoms with Gasteiger partial charge in [0.25, 0.3) is 5.91 Å². The van der Waals surface area contributed by atoms with Crippen LogP contribution in [0.4, 0.5) is 13.2 Å². The van der Waals surface area contributed by atoms with Crippen LogP contribution in [-0.2, 0) is 11.0 Å². The first-order valence-electron chi connectivity index (χ1n) is 7.83. The number of carbonyl (C=O) groups is 1. The monoisotopic (exact) mass is 351 g/mol. The molecule has 1 atom stereocenters. The fraction of sp³-hybridized carbons (Fsp3) is 0.316. The van der Waals surface area contributed by atoms with Crippen LogP contribution < -0.4 is 10.1 Å². The van der Waals surface area contributed by atoms with Crippen LogP contribution in [0.1, 0.15) is 35.2 Å². The minimum atomic E-state index is -4.45. The van der Waals surface area contributed by atoms with Crippen molar-refractivity contribution in [2.75, 3.05) is 6.61 Å². The largest absolute Gasteiger partial charge is 0.484 e. The van der Waals surface area contributed by atoms with Crippen molar-refractivity contribution in [3.63, 3.8) is 0 Å². The van der Waals surface area contributed by atoms with E-state index in [1.807, 2.05) is 39.0 Å². The maximum absolute atomic E-state index is 12.7. The van der Waals surface area contributed by atoms with E-state index in [-0.39, 0.29) is 18.4 Å². The fourth-order valence-corrected chi connectivity index (χ4v) is 2.50. The lowest BCUT2D eigenvalue weighted by atomic mass is 10.00. The number of rotatable bonds is 5. The molecule has 1 amide bonds. The topological polar surface area (TPSA) is 38.3 Å². The SMILES string of the molecule is Cc1ccc(C)c([C@@H](C)NC(=O)COc2cccc(C(F)(F)F)c2)c1. The zero-order valence-corrected chi connectivity index (χ0v) is 14.3. The van der Waals surface area contributed by atoms with E-state index >= 15 is 0 Å². The zero-order chi connectivity index (χ0) is 18.6. The van der Waals surface area contributed by atoms with Gasteiger partial charge in [0.1, 0.15) is 5.75 Å². The standard InChI is InChI=1S/C19H20F3NO2/c1-12-7-8-13(2)17(9-12)14(3)23-18(24)11-25-16-6-4-5-15(10-16)19(20,21)22/h4-10,14H,11H2,1-3H3,(H,23,24)/t14-/m1/s1. The third kappa shape index (κ3) is 5.24. The number of amides is 1. The number of nitrogens with one attached hydrogen (secondary N) is 1. The molecule has 0 aliphatic carbocycles. The van der Waals surface area contributed by atoms with Crippen LogP contribution in [0.2, 0.25) is 0 Å². The third-order valence-electron chi connectivity index (χ3n) is 3.81. The lowest BCUT2D eigenvalue weighted by Crippen LogP contribution is -2.31. The smallest absolute Gasteiger partial charge is 0.416 e. The van der Waals surface area contributed by atoms with E-state index in [2.05, 4.69) is 5.32 Å². The normalized spacial score (nSPS) is 12.6. The van der Waals surface area contributed by atoms with E-state index in [9.17, 15) is 18.0 Å². The molecule has 2 rings (SSSR count). The lowest BCUT2D eigenvalue weighted by Gasteiger charge is -2.17. The summed E-state index contributed by atoms with van der Waals surface area (Å²) in [6.45, 7) is 5.42. The highest BCUT2D eigenvalue weighted by atomic mass is 19.4. The van der Waals surface area contributed by atoms with Gasteiger partial charge in [-0.1, -0.05) is 29.8 Å². The van der Waals surface area contributed by atoms with Crippen molar-refractivity contribution in [3.8, 4) is 5.75 Å². The van der Waals surface area contributed by atoms with Gasteiger partial charge in [0.05, 0.1) is 11.6 Å². The Kier molecular flexibility index (Phi) is 5.72. The van der Waals surface area contributed by atoms with Gasteiger partial charge in [-0.25, -0.2) is 0 Å². The number of ether oxygens (including phenoxy) is 1. The molecule has 0 fully saturated rings. The number of aryl methyl sites for hydroxylation is 2. The predicted molar refractivity (Wildman–Crippen MR) is 89.4 cm³/mol. The molecule has 0 heterocycles. The van der Waals surface area contributed by atoms with Crippen LogP contribution in [0.25, 0.3) is 0 Å². The van der Waals surface area contributed by atoms with Crippen molar-refractivity contribution in [2.45, 2.75) is 33.0 Å². The highest BCUT2D eigenvalue weighted by Gasteiger charge is 2.30. The first kappa shape index (κ1) is 18.8. The van der Waals surface area contributed by atoms with Crippen LogP contribution in [-0.4, -0.2) is 12.5 Å². The summed E-state index contributed by atoms with van der Waals surface area (Å²) in [5, 5.41) is 2.79. The highest BCUT2D eigenvalue weighted by Crippen LogP contribution is 2.31. The van der Waals surface area contributed by atoms with Crippen LogP contribution in [0, 0.1) is 13.8 Å². The van der Waals surface area contributed by atoms with Gasteiger partial charge in [0.2, 0.25) is 0 Å². The molecule has 0 aliphatic heterocycles. The van der Waals surface area contributed by atoms with Crippen LogP contribution in [0.15, 0.2) is 42.5 Å². The van der Waals surface area contributed by atoms with Gasteiger partial charge in [-0.3, -0.25) is 4.79 Å². The van der Waals surface area contributed by atoms with E-state index < -0.39 is 17.6 Å². The first-order chi connectivity index (χ1) is 11.7. The molecule has 0 radical (unpaired) electrons. The molecule has 1 N–H and O–H groups in total. The molecule has 6 heteroatoms. The van der Waals surface area contributed by atoms with Crippen molar-refractivity contribution in [3.05, 3.63) is 64.7 Å². The maximum Gasteiger partial charge on any atom is 0.416 e. The van der Waals surface area contributed by atoms with Crippen molar-refractivity contribution >= 4 is 5.91 Å². The van der Waals surface area contributed by atoms with Gasteiger partial charge in [0.15, 0.2) is 6.61 Å². The second kappa shape index (κ2) is 7.59. The molecular formula is C19H20F3NO2. The predicted octanol–water partition coefficient (Wildman–Crippen LogP) is 4.58. The quantitative estimate of drug-likeness (QED) is 0.856. The van der Waals surface area contributed by atoms with Crippen LogP contribution in [0.3, 0.4) is 0 Å². The molecule has 2 aromatic carbocycles. The van der Waals surface area contributed by atoms with Gasteiger partial charge in [0, 0.05) is 0 Å². The molecule has 0 aromatic heterocycles. The molecule has 2 aromatic rings. The summed E-state index contributed by atoms with van der Waals surface area (Å²) in [6.07, 6.45) is -4.45. The summed E-state index contributed by atoms with van der Waals surface area (Å²) < 4.78 is 43.2. The Labute approximate surface area is 144 Å². The van der Waals surface area contributed by atoms with E-state index in [0.717, 1.165) is 28.8 Å². The number of halogens is 3. The Morgan fingerprint density at radius 1 is 1.16 bits per heavy atom. The van der Waals surface area contributed by atoms with E-state index in [1.165, 1.54) is 12.1 Å². The minimum absolute atomic E-state index is 0.00404. The number of carbonyl (C=O) groups excluding carboxylic acids is 1. The summed E-state index contributed by atoms with van der Waals surface area (Å²) in [5.74, 6) is -0.393. The van der Waals surface area contributed by atoms with Gasteiger partial charge in [-0.2, -0.15) is 13.2 Å². The first-order valence-corrected chi connectivity index (χ1v) is 7.83. The molecule has 0 saturated carbocycles. The molecule has 0 saturated heterocycles. The summed E-state index contributed by atoms with van der Waals surface area (Å²) in [4.78, 5) is 12.0. The second-order valence-electron chi connectivity index (χ2n) is 5.96. The second-order valence-corrected chi connectivity index (χ2v) is 5.96. The number of benzene rings is 2. The Balaban J connectivity index is 1.96. The molecule has 25 heavy (non-hydrogen) atoms. The molecule has 134 valence electrons. The summed E-state index contributed by atoms with van der Waals surface area (Å²) >= 11 is 0. The van der Waals surface area contributed by atoms with Gasteiger partial charge in [-0.05, 0) is 50.1 Å². The molecule has 3 nitrogen and oxygen atoms in total. The van der Waals surface area contributed by atoms with E-state index in [1.54, 1.807) is 0 Å². The van der Waals surface area contributed by atoms with Crippen LogP contribution >= 0.6 is 0 Å². The van der Waals surface area contributed by atoms with Gasteiger partial charge in [-0.15, -0.1) is 0 Å². The summed E-state index contributed by atoms with van der Waals surface area (Å²) in [5.41, 5.74) is 2.32. The van der Waals surface area contributed by atoms with E-state index in [0.29, 0.717) is 0 Å². The summed E-state index contributed by atoms with van der Waals surface area (Å²) in [7, 11) is 0. The number of hydrogen-bond donors (Lipinski definition) is 1. The average Bonchev–Trinajstić information content (AvgIpc) is 2.54. The van der Waals surface area contributed by atoms with Crippen LogP contribution in [0.5, 0.6) is 5.75 Å². The Morgan fingerprint density at radius 3 is 2.56 bits per heavy atom. The number of hydrogen-bond acceptors (Lipinski definition) is 2. The molecule has 0 aliphatic rings. The molecular weight excluding hydrogens is 331 g/mol. The van der Waals surface area contributed by atoms with Crippen molar-refractivity contribution in [1.82, 2.24) is 5.32 Å². The Bertz CT molecular complexity index is 757. The number of alkyl halides is 3. The zero-order valence-electron chi connectivity index (χ0n) is 14.3. The highest BCUT2D eigenvalue weighted by molar-refractivity contribution is 5.78. The van der Waals surface area contributed by atoms with Crippen molar-refractivity contribution in [2.24, 2.45) is 0 Å². The fourth-order valence-electron chi connectivity index (χ4n) is 2.50. The van der Waals surface area contributed by atoms with E-state index in [4.69, 9.17) is 4.74 Å².